The molecule has 0 aliphatic carbocycles. The molecule has 3 aromatic carbocycles. The summed E-state index contributed by atoms with van der Waals surface area (Å²) in [6.07, 6.45) is 0. The monoisotopic (exact) mass is 552 g/mol. The number of aliphatic hydroxyl groups excluding tert-OH is 1. The van der Waals surface area contributed by atoms with Crippen LogP contribution in [0, 0.1) is 6.92 Å². The van der Waals surface area contributed by atoms with Gasteiger partial charge in [-0.2, -0.15) is 0 Å². The Morgan fingerprint density at radius 2 is 1.70 bits per heavy atom. The topological polar surface area (TPSA) is 103 Å². The fourth-order valence-corrected chi connectivity index (χ4v) is 5.77. The van der Waals surface area contributed by atoms with Crippen molar-refractivity contribution in [3.63, 3.8) is 0 Å². The first-order chi connectivity index (χ1) is 19.2. The van der Waals surface area contributed by atoms with Gasteiger partial charge in [0.1, 0.15) is 5.01 Å². The first-order valence-electron chi connectivity index (χ1n) is 12.6. The number of carbonyl (C=O) groups is 3. The molecule has 4 aromatic rings. The molecule has 2 amide bonds. The molecule has 0 spiro atoms. The maximum absolute atomic E-state index is 14.1. The van der Waals surface area contributed by atoms with E-state index in [9.17, 15) is 19.5 Å². The summed E-state index contributed by atoms with van der Waals surface area (Å²) in [7, 11) is 3.84. The summed E-state index contributed by atoms with van der Waals surface area (Å²) >= 11 is 1.23. The number of amides is 2. The molecule has 40 heavy (non-hydrogen) atoms. The number of thiazole rings is 1. The Bertz CT molecular complexity index is 1640. The summed E-state index contributed by atoms with van der Waals surface area (Å²) in [6, 6.07) is 22.9. The van der Waals surface area contributed by atoms with Gasteiger partial charge >= 0.3 is 0 Å². The van der Waals surface area contributed by atoms with E-state index < -0.39 is 23.5 Å². The zero-order valence-corrected chi connectivity index (χ0v) is 23.3. The number of Topliss-reactive ketones (excluding diaryl/α,β-unsaturated/α-hetero) is 1. The van der Waals surface area contributed by atoms with Crippen molar-refractivity contribution < 1.29 is 19.5 Å². The average Bonchev–Trinajstić information content (AvgIpc) is 3.45. The highest BCUT2D eigenvalue weighted by Gasteiger charge is 2.45. The van der Waals surface area contributed by atoms with Crippen LogP contribution < -0.4 is 15.1 Å². The second kappa shape index (κ2) is 10.8. The van der Waals surface area contributed by atoms with Gasteiger partial charge in [-0.25, -0.2) is 4.98 Å². The van der Waals surface area contributed by atoms with Crippen LogP contribution in [0.3, 0.4) is 0 Å². The van der Waals surface area contributed by atoms with Crippen molar-refractivity contribution in [3.8, 4) is 10.6 Å². The van der Waals surface area contributed by atoms with E-state index >= 15 is 0 Å². The van der Waals surface area contributed by atoms with Crippen molar-refractivity contribution in [2.75, 3.05) is 29.2 Å². The highest BCUT2D eigenvalue weighted by molar-refractivity contribution is 7.17. The van der Waals surface area contributed by atoms with Crippen LogP contribution in [0.5, 0.6) is 0 Å². The Morgan fingerprint density at radius 3 is 2.35 bits per heavy atom. The molecule has 1 atom stereocenters. The molecule has 0 bridgehead atoms. The molecular weight excluding hydrogens is 524 g/mol. The highest BCUT2D eigenvalue weighted by atomic mass is 32.1. The van der Waals surface area contributed by atoms with E-state index in [4.69, 9.17) is 0 Å². The second-order valence-electron chi connectivity index (χ2n) is 9.69. The van der Waals surface area contributed by atoms with Crippen LogP contribution in [0.2, 0.25) is 0 Å². The smallest absolute Gasteiger partial charge is 0.294 e. The Labute approximate surface area is 236 Å². The van der Waals surface area contributed by atoms with Gasteiger partial charge in [-0.05, 0) is 42.8 Å². The molecule has 1 unspecified atom stereocenters. The number of aliphatic hydroxyl groups is 1. The SMILES string of the molecule is CC(=O)Nc1cccc(N2C(=O)C(O)=C(C(=O)c3sc(-c4ccccc4)nc3C)C2c2ccc(N(C)C)cc2)c1. The summed E-state index contributed by atoms with van der Waals surface area (Å²) in [4.78, 5) is 47.7. The standard InChI is InChI=1S/C31H28N4O4S/c1-18-29(40-30(32-18)21-9-6-5-7-10-21)27(37)25-26(20-13-15-23(16-14-20)34(3)4)35(31(39)28(25)38)24-12-8-11-22(17-24)33-19(2)36/h5-17,26,38H,1-4H3,(H,33,36). The van der Waals surface area contributed by atoms with Crippen LogP contribution in [-0.4, -0.2) is 41.8 Å². The molecule has 9 heteroatoms. The maximum atomic E-state index is 14.1. The zero-order chi connectivity index (χ0) is 28.6. The molecule has 202 valence electrons. The van der Waals surface area contributed by atoms with Gasteiger partial charge in [-0.1, -0.05) is 48.5 Å². The summed E-state index contributed by atoms with van der Waals surface area (Å²) in [5, 5.41) is 14.6. The van der Waals surface area contributed by atoms with Crippen molar-refractivity contribution in [3.05, 3.63) is 106 Å². The molecular formula is C31H28N4O4S. The third-order valence-electron chi connectivity index (χ3n) is 6.65. The minimum absolute atomic E-state index is 0.0149. The molecule has 8 nitrogen and oxygen atoms in total. The molecule has 1 aromatic heterocycles. The number of nitrogens with one attached hydrogen (secondary N) is 1. The quantitative estimate of drug-likeness (QED) is 0.276. The van der Waals surface area contributed by atoms with E-state index in [0.29, 0.717) is 32.5 Å². The van der Waals surface area contributed by atoms with Crippen LogP contribution in [0.25, 0.3) is 10.6 Å². The Balaban J connectivity index is 1.62. The molecule has 0 saturated heterocycles. The normalized spacial score (nSPS) is 14.9. The lowest BCUT2D eigenvalue weighted by molar-refractivity contribution is -0.117. The van der Waals surface area contributed by atoms with Crippen LogP contribution in [0.1, 0.15) is 33.9 Å². The number of hydrogen-bond donors (Lipinski definition) is 2. The molecule has 2 heterocycles. The molecule has 0 saturated carbocycles. The molecule has 2 N–H and O–H groups in total. The number of aryl methyl sites for hydroxylation is 1. The lowest BCUT2D eigenvalue weighted by Crippen LogP contribution is -2.31. The van der Waals surface area contributed by atoms with Gasteiger partial charge in [0, 0.05) is 43.6 Å². The summed E-state index contributed by atoms with van der Waals surface area (Å²) < 4.78 is 0. The van der Waals surface area contributed by atoms with Gasteiger partial charge in [0.2, 0.25) is 11.7 Å². The predicted molar refractivity (Wildman–Crippen MR) is 158 cm³/mol. The molecule has 5 rings (SSSR count). The average molecular weight is 553 g/mol. The molecule has 1 aliphatic heterocycles. The van der Waals surface area contributed by atoms with Gasteiger partial charge in [-0.15, -0.1) is 11.3 Å². The van der Waals surface area contributed by atoms with E-state index in [2.05, 4.69) is 10.3 Å². The Hall–Kier alpha value is -4.76. The van der Waals surface area contributed by atoms with E-state index in [1.165, 1.54) is 23.2 Å². The van der Waals surface area contributed by atoms with Crippen LogP contribution in [-0.2, 0) is 9.59 Å². The first kappa shape index (κ1) is 26.8. The van der Waals surface area contributed by atoms with E-state index in [0.717, 1.165) is 11.3 Å². The lowest BCUT2D eigenvalue weighted by atomic mass is 9.94. The number of rotatable bonds is 7. The minimum atomic E-state index is -0.898. The lowest BCUT2D eigenvalue weighted by Gasteiger charge is -2.27. The van der Waals surface area contributed by atoms with Crippen molar-refractivity contribution in [2.45, 2.75) is 19.9 Å². The van der Waals surface area contributed by atoms with Crippen molar-refractivity contribution in [2.24, 2.45) is 0 Å². The summed E-state index contributed by atoms with van der Waals surface area (Å²) in [6.45, 7) is 3.15. The van der Waals surface area contributed by atoms with Crippen LogP contribution in [0.15, 0.2) is 90.2 Å². The van der Waals surface area contributed by atoms with E-state index in [-0.39, 0.29) is 11.5 Å². The predicted octanol–water partition coefficient (Wildman–Crippen LogP) is 5.93. The number of benzene rings is 3. The van der Waals surface area contributed by atoms with Crippen LogP contribution >= 0.6 is 11.3 Å². The van der Waals surface area contributed by atoms with Crippen molar-refractivity contribution in [1.82, 2.24) is 4.98 Å². The first-order valence-corrected chi connectivity index (χ1v) is 13.5. The second-order valence-corrected chi connectivity index (χ2v) is 10.7. The minimum Gasteiger partial charge on any atom is -0.503 e. The van der Waals surface area contributed by atoms with Gasteiger partial charge < -0.3 is 15.3 Å². The number of nitrogens with zero attached hydrogens (tertiary/aromatic N) is 3. The van der Waals surface area contributed by atoms with E-state index in [1.807, 2.05) is 73.6 Å². The fraction of sp³-hybridized carbons (Fsp3) is 0.161. The largest absolute Gasteiger partial charge is 0.503 e. The van der Waals surface area contributed by atoms with E-state index in [1.54, 1.807) is 31.2 Å². The summed E-state index contributed by atoms with van der Waals surface area (Å²) in [5.74, 6) is -2.01. The highest BCUT2D eigenvalue weighted by Crippen LogP contribution is 2.44. The molecule has 1 aliphatic rings. The van der Waals surface area contributed by atoms with Crippen molar-refractivity contribution in [1.29, 1.82) is 0 Å². The Kier molecular flexibility index (Phi) is 7.23. The summed E-state index contributed by atoms with van der Waals surface area (Å²) in [5.41, 5.74) is 3.90. The van der Waals surface area contributed by atoms with Gasteiger partial charge in [0.25, 0.3) is 5.91 Å². The maximum Gasteiger partial charge on any atom is 0.294 e. The fourth-order valence-electron chi connectivity index (χ4n) is 4.74. The number of aromatic nitrogens is 1. The van der Waals surface area contributed by atoms with Gasteiger partial charge in [-0.3, -0.25) is 19.3 Å². The van der Waals surface area contributed by atoms with Gasteiger partial charge in [0.05, 0.1) is 22.2 Å². The van der Waals surface area contributed by atoms with Crippen molar-refractivity contribution >= 4 is 46.0 Å². The third kappa shape index (κ3) is 4.99. The van der Waals surface area contributed by atoms with Gasteiger partial charge in [0.15, 0.2) is 5.76 Å². The zero-order valence-electron chi connectivity index (χ0n) is 22.5. The molecule has 0 fully saturated rings. The number of ketones is 1. The number of anilines is 3. The molecule has 0 radical (unpaired) electrons. The number of carbonyl (C=O) groups excluding carboxylic acids is 3. The van der Waals surface area contributed by atoms with Crippen LogP contribution in [0.4, 0.5) is 17.1 Å². The third-order valence-corrected chi connectivity index (χ3v) is 7.85. The Morgan fingerprint density at radius 1 is 1.00 bits per heavy atom. The number of hydrogen-bond acceptors (Lipinski definition) is 7.